The van der Waals surface area contributed by atoms with Crippen molar-refractivity contribution in [3.63, 3.8) is 0 Å². The van der Waals surface area contributed by atoms with E-state index < -0.39 is 23.6 Å². The highest BCUT2D eigenvalue weighted by Crippen LogP contribution is 2.25. The lowest BCUT2D eigenvalue weighted by molar-refractivity contribution is -0.134. The molecule has 6 heteroatoms. The fourth-order valence-corrected chi connectivity index (χ4v) is 1.79. The van der Waals surface area contributed by atoms with E-state index in [9.17, 15) is 18.4 Å². The molecule has 1 aromatic carbocycles. The second-order valence-corrected chi connectivity index (χ2v) is 4.85. The Labute approximate surface area is 144 Å². The van der Waals surface area contributed by atoms with Crippen molar-refractivity contribution in [2.45, 2.75) is 20.3 Å². The molecule has 0 saturated carbocycles. The van der Waals surface area contributed by atoms with Gasteiger partial charge in [-0.2, -0.15) is 0 Å². The number of esters is 2. The molecule has 0 radical (unpaired) electrons. The summed E-state index contributed by atoms with van der Waals surface area (Å²) in [5.41, 5.74) is 0.759. The van der Waals surface area contributed by atoms with Crippen LogP contribution in [0.3, 0.4) is 0 Å². The van der Waals surface area contributed by atoms with Crippen molar-refractivity contribution in [2.24, 2.45) is 0 Å². The highest BCUT2D eigenvalue weighted by atomic mass is 19.1. The molecular weight excluding hydrogens is 330 g/mol. The summed E-state index contributed by atoms with van der Waals surface area (Å²) in [6.45, 7) is 9.65. The van der Waals surface area contributed by atoms with Crippen LogP contribution >= 0.6 is 0 Å². The molecule has 0 bridgehead atoms. The molecule has 0 aliphatic heterocycles. The van der Waals surface area contributed by atoms with Crippen LogP contribution in [0.5, 0.6) is 5.75 Å². The van der Waals surface area contributed by atoms with E-state index in [1.165, 1.54) is 12.1 Å². The lowest BCUT2D eigenvalue weighted by Gasteiger charge is -2.08. The maximum Gasteiger partial charge on any atom is 0.335 e. The average Bonchev–Trinajstić information content (AvgIpc) is 2.60. The topological polar surface area (TPSA) is 52.6 Å². The van der Waals surface area contributed by atoms with Gasteiger partial charge >= 0.3 is 11.9 Å². The Bertz CT molecular complexity index is 761. The number of carbonyl (C=O) groups is 2. The Morgan fingerprint density at radius 2 is 1.84 bits per heavy atom. The van der Waals surface area contributed by atoms with Crippen molar-refractivity contribution in [2.75, 3.05) is 0 Å². The molecule has 0 aromatic heterocycles. The standard InChI is InChI=1S/C19H18F2O4/c1-5-16(24-18(22)6-2)14(20)10-12(4)13-8-9-17(15(21)11-13)25-19(23)7-3/h6-11H,2-3,5H2,1,4H3. The lowest BCUT2D eigenvalue weighted by Crippen LogP contribution is -2.04. The number of ether oxygens (including phenoxy) is 2. The molecule has 0 aliphatic rings. The van der Waals surface area contributed by atoms with Crippen LogP contribution in [0.15, 0.2) is 61.2 Å². The Hall–Kier alpha value is -3.02. The molecule has 0 saturated heterocycles. The van der Waals surface area contributed by atoms with Gasteiger partial charge in [0.2, 0.25) is 0 Å². The van der Waals surface area contributed by atoms with Gasteiger partial charge in [0.1, 0.15) is 5.76 Å². The number of carbonyl (C=O) groups excluding carboxylic acids is 2. The second-order valence-electron chi connectivity index (χ2n) is 4.85. The molecule has 0 heterocycles. The van der Waals surface area contributed by atoms with Crippen LogP contribution in [0.4, 0.5) is 8.78 Å². The van der Waals surface area contributed by atoms with Crippen LogP contribution in [-0.2, 0) is 14.3 Å². The zero-order valence-electron chi connectivity index (χ0n) is 14.0. The summed E-state index contributed by atoms with van der Waals surface area (Å²) in [7, 11) is 0. The van der Waals surface area contributed by atoms with Crippen LogP contribution in [0.2, 0.25) is 0 Å². The van der Waals surface area contributed by atoms with Gasteiger partial charge in [-0.25, -0.2) is 18.4 Å². The first-order valence-corrected chi connectivity index (χ1v) is 7.37. The van der Waals surface area contributed by atoms with E-state index in [4.69, 9.17) is 9.47 Å². The summed E-state index contributed by atoms with van der Waals surface area (Å²) in [4.78, 5) is 22.3. The summed E-state index contributed by atoms with van der Waals surface area (Å²) in [5, 5.41) is 0. The van der Waals surface area contributed by atoms with E-state index in [-0.39, 0.29) is 17.9 Å². The minimum absolute atomic E-state index is 0.152. The van der Waals surface area contributed by atoms with Crippen LogP contribution in [0.25, 0.3) is 5.57 Å². The summed E-state index contributed by atoms with van der Waals surface area (Å²) < 4.78 is 37.7. The number of benzene rings is 1. The van der Waals surface area contributed by atoms with Gasteiger partial charge < -0.3 is 9.47 Å². The molecule has 0 amide bonds. The predicted molar refractivity (Wildman–Crippen MR) is 90.6 cm³/mol. The second kappa shape index (κ2) is 9.32. The largest absolute Gasteiger partial charge is 0.425 e. The van der Waals surface area contributed by atoms with E-state index in [2.05, 4.69) is 13.2 Å². The number of hydrogen-bond acceptors (Lipinski definition) is 4. The Balaban J connectivity index is 3.10. The highest BCUT2D eigenvalue weighted by molar-refractivity contribution is 5.83. The molecule has 0 atom stereocenters. The third-order valence-electron chi connectivity index (χ3n) is 3.09. The van der Waals surface area contributed by atoms with Gasteiger partial charge in [-0.05, 0) is 36.3 Å². The van der Waals surface area contributed by atoms with Crippen molar-refractivity contribution in [1.82, 2.24) is 0 Å². The Morgan fingerprint density at radius 3 is 2.36 bits per heavy atom. The molecule has 1 rings (SSSR count). The minimum atomic E-state index is -0.787. The minimum Gasteiger partial charge on any atom is -0.425 e. The zero-order chi connectivity index (χ0) is 19.0. The van der Waals surface area contributed by atoms with Crippen molar-refractivity contribution in [3.05, 3.63) is 72.6 Å². The van der Waals surface area contributed by atoms with E-state index in [1.54, 1.807) is 13.8 Å². The summed E-state index contributed by atoms with van der Waals surface area (Å²) >= 11 is 0. The molecule has 0 aliphatic carbocycles. The fourth-order valence-electron chi connectivity index (χ4n) is 1.79. The van der Waals surface area contributed by atoms with Gasteiger partial charge in [-0.1, -0.05) is 26.1 Å². The molecule has 0 unspecified atom stereocenters. The molecule has 4 nitrogen and oxygen atoms in total. The number of halogens is 2. The van der Waals surface area contributed by atoms with Gasteiger partial charge in [-0.3, -0.25) is 0 Å². The molecule has 0 fully saturated rings. The van der Waals surface area contributed by atoms with E-state index >= 15 is 0 Å². The first-order chi connectivity index (χ1) is 11.8. The first-order valence-electron chi connectivity index (χ1n) is 7.37. The normalized spacial score (nSPS) is 12.1. The van der Waals surface area contributed by atoms with Crippen molar-refractivity contribution < 1.29 is 27.8 Å². The maximum atomic E-state index is 14.2. The SMILES string of the molecule is C=CC(=O)OC(CC)=C(F)C=C(C)c1ccc(OC(=O)C=C)c(F)c1. The van der Waals surface area contributed by atoms with Crippen molar-refractivity contribution >= 4 is 17.5 Å². The average molecular weight is 348 g/mol. The molecule has 132 valence electrons. The third-order valence-corrected chi connectivity index (χ3v) is 3.09. The van der Waals surface area contributed by atoms with E-state index in [0.29, 0.717) is 11.1 Å². The molecular formula is C19H18F2O4. The van der Waals surface area contributed by atoms with Crippen LogP contribution in [0.1, 0.15) is 25.8 Å². The highest BCUT2D eigenvalue weighted by Gasteiger charge is 2.11. The quantitative estimate of drug-likeness (QED) is 0.237. The van der Waals surface area contributed by atoms with Crippen molar-refractivity contribution in [1.29, 1.82) is 0 Å². The van der Waals surface area contributed by atoms with Gasteiger partial charge in [0.25, 0.3) is 0 Å². The monoisotopic (exact) mass is 348 g/mol. The predicted octanol–water partition coefficient (Wildman–Crippen LogP) is 4.64. The Kier molecular flexibility index (Phi) is 7.46. The number of allylic oxidation sites excluding steroid dienone is 4. The van der Waals surface area contributed by atoms with Gasteiger partial charge in [-0.15, -0.1) is 0 Å². The van der Waals surface area contributed by atoms with Gasteiger partial charge in [0.05, 0.1) is 0 Å². The van der Waals surface area contributed by atoms with Crippen LogP contribution in [-0.4, -0.2) is 11.9 Å². The van der Waals surface area contributed by atoms with Crippen LogP contribution in [0, 0.1) is 5.82 Å². The smallest absolute Gasteiger partial charge is 0.335 e. The molecule has 0 N–H and O–H groups in total. The summed E-state index contributed by atoms with van der Waals surface area (Å²) in [6, 6.07) is 3.82. The zero-order valence-corrected chi connectivity index (χ0v) is 14.0. The molecule has 0 spiro atoms. The van der Waals surface area contributed by atoms with Gasteiger partial charge in [0.15, 0.2) is 17.4 Å². The van der Waals surface area contributed by atoms with Gasteiger partial charge in [0, 0.05) is 18.6 Å². The summed E-state index contributed by atoms with van der Waals surface area (Å²) in [6.07, 6.45) is 3.12. The number of hydrogen-bond donors (Lipinski definition) is 0. The summed E-state index contributed by atoms with van der Waals surface area (Å²) in [5.74, 6) is -3.49. The fraction of sp³-hybridized carbons (Fsp3) is 0.158. The third kappa shape index (κ3) is 5.84. The lowest BCUT2D eigenvalue weighted by atomic mass is 10.1. The van der Waals surface area contributed by atoms with E-state index in [0.717, 1.165) is 24.3 Å². The van der Waals surface area contributed by atoms with Crippen LogP contribution < -0.4 is 4.74 Å². The first kappa shape index (κ1) is 20.0. The Morgan fingerprint density at radius 1 is 1.20 bits per heavy atom. The van der Waals surface area contributed by atoms with E-state index in [1.807, 2.05) is 0 Å². The molecule has 25 heavy (non-hydrogen) atoms. The molecule has 1 aromatic rings. The maximum absolute atomic E-state index is 14.2. The number of rotatable bonds is 7. The van der Waals surface area contributed by atoms with Crippen molar-refractivity contribution in [3.8, 4) is 5.75 Å².